The van der Waals surface area contributed by atoms with E-state index in [1.807, 2.05) is 0 Å². The average molecular weight is 276 g/mol. The molecule has 1 heterocycles. The lowest BCUT2D eigenvalue weighted by Gasteiger charge is -2.06. The van der Waals surface area contributed by atoms with Crippen LogP contribution >= 0.6 is 0 Å². The van der Waals surface area contributed by atoms with Gasteiger partial charge in [0.15, 0.2) is 0 Å². The van der Waals surface area contributed by atoms with Gasteiger partial charge in [-0.3, -0.25) is 0 Å². The Morgan fingerprint density at radius 3 is 2.60 bits per heavy atom. The Labute approximate surface area is 115 Å². The second-order valence-corrected chi connectivity index (χ2v) is 4.02. The summed E-state index contributed by atoms with van der Waals surface area (Å²) in [7, 11) is 0. The van der Waals surface area contributed by atoms with Crippen LogP contribution in [0.1, 0.15) is 11.1 Å². The highest BCUT2D eigenvalue weighted by Gasteiger charge is 1.98. The molecule has 0 bridgehead atoms. The number of hydrogen-bond acceptors (Lipinski definition) is 4. The first-order valence-electron chi connectivity index (χ1n) is 5.88. The fourth-order valence-electron chi connectivity index (χ4n) is 1.48. The van der Waals surface area contributed by atoms with Crippen LogP contribution in [0.3, 0.4) is 0 Å². The molecule has 1 atom stereocenters. The van der Waals surface area contributed by atoms with Crippen LogP contribution in [0.25, 0.3) is 6.08 Å². The summed E-state index contributed by atoms with van der Waals surface area (Å²) in [5.41, 5.74) is 1.50. The van der Waals surface area contributed by atoms with E-state index in [4.69, 9.17) is 9.94 Å². The minimum Gasteiger partial charge on any atom is -0.595 e. The lowest BCUT2D eigenvalue weighted by molar-refractivity contribution is -1.00. The van der Waals surface area contributed by atoms with Crippen LogP contribution in [0, 0.1) is 11.0 Å². The predicted molar refractivity (Wildman–Crippen MR) is 70.1 cm³/mol. The molecule has 6 heteroatoms. The summed E-state index contributed by atoms with van der Waals surface area (Å²) in [6, 6.07) is 9.36. The van der Waals surface area contributed by atoms with Crippen molar-refractivity contribution >= 4 is 6.08 Å². The second-order valence-electron chi connectivity index (χ2n) is 4.02. The summed E-state index contributed by atoms with van der Waals surface area (Å²) in [6.45, 7) is 0.289. The Morgan fingerprint density at radius 2 is 2.00 bits per heavy atom. The van der Waals surface area contributed by atoms with Gasteiger partial charge in [0, 0.05) is 18.3 Å². The molecule has 2 N–H and O–H groups in total. The van der Waals surface area contributed by atoms with Crippen molar-refractivity contribution < 1.29 is 19.6 Å². The number of halogens is 1. The van der Waals surface area contributed by atoms with Crippen LogP contribution in [-0.2, 0) is 6.61 Å². The molecule has 0 fully saturated rings. The lowest BCUT2D eigenvalue weighted by Crippen LogP contribution is -2.99. The third-order valence-corrected chi connectivity index (χ3v) is 2.48. The highest BCUT2D eigenvalue weighted by Crippen LogP contribution is 2.11. The number of quaternary nitrogens is 1. The van der Waals surface area contributed by atoms with E-state index in [-0.39, 0.29) is 12.4 Å². The standard InChI is InChI=1S/C14H13FN2O3/c15-13-4-1-12(2-5-13)10-20-14-6-3-11(9-16-14)7-8-17(18)19/h1-9,17-18H,10H2/b8-7+. The smallest absolute Gasteiger partial charge is 0.213 e. The average Bonchev–Trinajstić information content (AvgIpc) is 2.45. The van der Waals surface area contributed by atoms with Crippen LogP contribution in [0.2, 0.25) is 0 Å². The maximum Gasteiger partial charge on any atom is 0.213 e. The Kier molecular flexibility index (Phi) is 4.78. The zero-order valence-corrected chi connectivity index (χ0v) is 10.5. The molecule has 0 aliphatic carbocycles. The molecule has 0 saturated carbocycles. The third-order valence-electron chi connectivity index (χ3n) is 2.48. The van der Waals surface area contributed by atoms with E-state index in [1.54, 1.807) is 24.3 Å². The number of pyridine rings is 1. The molecule has 0 radical (unpaired) electrons. The van der Waals surface area contributed by atoms with Gasteiger partial charge in [-0.15, -0.1) is 0 Å². The molecule has 0 aliphatic rings. The summed E-state index contributed by atoms with van der Waals surface area (Å²) in [6.07, 6.45) is 3.99. The number of hydrogen-bond donors (Lipinski definition) is 2. The van der Waals surface area contributed by atoms with E-state index < -0.39 is 5.23 Å². The molecule has 1 unspecified atom stereocenters. The van der Waals surface area contributed by atoms with Gasteiger partial charge >= 0.3 is 0 Å². The summed E-state index contributed by atoms with van der Waals surface area (Å²) >= 11 is 0. The third kappa shape index (κ3) is 4.43. The highest BCUT2D eigenvalue weighted by atomic mass is 19.1. The lowest BCUT2D eigenvalue weighted by atomic mass is 10.2. The molecule has 1 aromatic heterocycles. The van der Waals surface area contributed by atoms with Crippen LogP contribution in [0.4, 0.5) is 4.39 Å². The van der Waals surface area contributed by atoms with Crippen molar-refractivity contribution in [3.05, 3.63) is 70.9 Å². The maximum absolute atomic E-state index is 12.7. The zero-order valence-electron chi connectivity index (χ0n) is 10.5. The van der Waals surface area contributed by atoms with E-state index in [0.29, 0.717) is 11.4 Å². The van der Waals surface area contributed by atoms with Gasteiger partial charge in [0.05, 0.1) is 0 Å². The van der Waals surface area contributed by atoms with Crippen LogP contribution in [0.5, 0.6) is 5.88 Å². The van der Waals surface area contributed by atoms with E-state index in [9.17, 15) is 9.60 Å². The van der Waals surface area contributed by atoms with Gasteiger partial charge in [0.25, 0.3) is 0 Å². The summed E-state index contributed by atoms with van der Waals surface area (Å²) in [4.78, 5) is 4.05. The van der Waals surface area contributed by atoms with Gasteiger partial charge in [-0.2, -0.15) is 0 Å². The Bertz CT molecular complexity index is 568. The van der Waals surface area contributed by atoms with Crippen molar-refractivity contribution in [3.63, 3.8) is 0 Å². The topological polar surface area (TPSA) is 69.9 Å². The Balaban J connectivity index is 1.92. The molecule has 2 aromatic rings. The fourth-order valence-corrected chi connectivity index (χ4v) is 1.48. The molecule has 20 heavy (non-hydrogen) atoms. The van der Waals surface area contributed by atoms with Gasteiger partial charge in [0.2, 0.25) is 5.88 Å². The normalized spacial score (nSPS) is 12.6. The molecular weight excluding hydrogens is 263 g/mol. The van der Waals surface area contributed by atoms with Crippen molar-refractivity contribution in [1.29, 1.82) is 0 Å². The highest BCUT2D eigenvalue weighted by molar-refractivity contribution is 5.46. The minimum absolute atomic E-state index is 0.289. The van der Waals surface area contributed by atoms with Crippen LogP contribution in [0.15, 0.2) is 48.8 Å². The largest absolute Gasteiger partial charge is 0.595 e. The van der Waals surface area contributed by atoms with Crippen molar-refractivity contribution in [2.75, 3.05) is 0 Å². The van der Waals surface area contributed by atoms with Gasteiger partial charge in [-0.1, -0.05) is 12.1 Å². The number of benzene rings is 1. The van der Waals surface area contributed by atoms with E-state index >= 15 is 0 Å². The second kappa shape index (κ2) is 6.76. The van der Waals surface area contributed by atoms with Gasteiger partial charge in [-0.05, 0) is 29.3 Å². The Hall–Kier alpha value is -2.28. The quantitative estimate of drug-likeness (QED) is 0.813. The Morgan fingerprint density at radius 1 is 1.25 bits per heavy atom. The molecule has 0 aliphatic heterocycles. The number of rotatable bonds is 5. The first kappa shape index (κ1) is 14.1. The van der Waals surface area contributed by atoms with Gasteiger partial charge < -0.3 is 9.94 Å². The maximum atomic E-state index is 12.7. The van der Waals surface area contributed by atoms with Gasteiger partial charge in [0.1, 0.15) is 18.6 Å². The number of hydroxylamine groups is 2. The molecular formula is C14H13FN2O3. The monoisotopic (exact) mass is 276 g/mol. The number of nitrogens with one attached hydrogen (secondary N) is 1. The van der Waals surface area contributed by atoms with E-state index in [2.05, 4.69) is 4.98 Å². The molecule has 0 amide bonds. The molecule has 5 nitrogen and oxygen atoms in total. The van der Waals surface area contributed by atoms with Crippen LogP contribution in [-0.4, -0.2) is 10.2 Å². The zero-order chi connectivity index (χ0) is 14.4. The number of nitrogens with zero attached hydrogens (tertiary/aromatic N) is 1. The SMILES string of the molecule is [O-][NH+](O)/C=C/c1ccc(OCc2ccc(F)cc2)nc1. The molecule has 1 aromatic carbocycles. The molecule has 0 spiro atoms. The minimum atomic E-state index is -1.01. The summed E-state index contributed by atoms with van der Waals surface area (Å²) in [5.74, 6) is 0.128. The first-order chi connectivity index (χ1) is 9.63. The number of aromatic nitrogens is 1. The summed E-state index contributed by atoms with van der Waals surface area (Å²) < 4.78 is 18.2. The molecule has 0 saturated heterocycles. The van der Waals surface area contributed by atoms with Crippen molar-refractivity contribution in [2.45, 2.75) is 6.61 Å². The van der Waals surface area contributed by atoms with E-state index in [0.717, 1.165) is 11.8 Å². The van der Waals surface area contributed by atoms with Crippen LogP contribution < -0.4 is 9.96 Å². The van der Waals surface area contributed by atoms with E-state index in [1.165, 1.54) is 24.4 Å². The van der Waals surface area contributed by atoms with Crippen molar-refractivity contribution in [3.8, 4) is 5.88 Å². The van der Waals surface area contributed by atoms with Gasteiger partial charge in [-0.25, -0.2) is 19.8 Å². The predicted octanol–water partition coefficient (Wildman–Crippen LogP) is 1.54. The molecule has 2 rings (SSSR count). The molecule has 104 valence electrons. The van der Waals surface area contributed by atoms with Crippen molar-refractivity contribution in [1.82, 2.24) is 4.98 Å². The fraction of sp³-hybridized carbons (Fsp3) is 0.0714. The number of ether oxygens (including phenoxy) is 1. The van der Waals surface area contributed by atoms with Crippen molar-refractivity contribution in [2.24, 2.45) is 0 Å². The first-order valence-corrected chi connectivity index (χ1v) is 5.88. The summed E-state index contributed by atoms with van der Waals surface area (Å²) in [5, 5.41) is 17.9.